The number of hydrogen-bond acceptors (Lipinski definition) is 10. The van der Waals surface area contributed by atoms with Gasteiger partial charge in [-0.05, 0) is 82.0 Å². The van der Waals surface area contributed by atoms with Gasteiger partial charge in [-0.25, -0.2) is 9.52 Å². The van der Waals surface area contributed by atoms with E-state index in [1.54, 1.807) is 24.1 Å². The molecule has 2 amide bonds. The Morgan fingerprint density at radius 1 is 1.06 bits per heavy atom. The molecule has 1 saturated carbocycles. The predicted molar refractivity (Wildman–Crippen MR) is 193 cm³/mol. The smallest absolute Gasteiger partial charge is 0.341 e. The molecule has 2 aromatic carbocycles. The molecule has 270 valence electrons. The summed E-state index contributed by atoms with van der Waals surface area (Å²) in [5.74, 6) is -1.05. The molecule has 1 saturated heterocycles. The quantitative estimate of drug-likeness (QED) is 0.331. The van der Waals surface area contributed by atoms with Crippen molar-refractivity contribution in [3.8, 4) is 0 Å². The van der Waals surface area contributed by atoms with Crippen LogP contribution in [0.5, 0.6) is 0 Å². The number of benzene rings is 2. The maximum atomic E-state index is 14.0. The second-order valence-electron chi connectivity index (χ2n) is 14.0. The van der Waals surface area contributed by atoms with Crippen molar-refractivity contribution in [3.63, 3.8) is 0 Å². The minimum Gasteiger partial charge on any atom is -0.422 e. The van der Waals surface area contributed by atoms with Gasteiger partial charge in [0.2, 0.25) is 0 Å². The minimum absolute atomic E-state index is 0.0982. The number of nitrogens with zero attached hydrogens (tertiary/aromatic N) is 5. The summed E-state index contributed by atoms with van der Waals surface area (Å²) in [4.78, 5) is 49.1. The van der Waals surface area contributed by atoms with Crippen LogP contribution in [0.25, 0.3) is 11.0 Å². The Labute approximate surface area is 293 Å². The SMILES string of the molecule is COC[C@H]1CN(c2cc(C)c3c4c(c(=O)oc3c2C)CN(C(=O)c2ccc(C(=O)NS(=O)(=O)N(C)C)c(N(C)C3CCC3)c2)CC4)CCN1C. The molecule has 0 radical (unpaired) electrons. The van der Waals surface area contributed by atoms with E-state index in [-0.39, 0.29) is 30.1 Å². The van der Waals surface area contributed by atoms with Crippen molar-refractivity contribution in [1.82, 2.24) is 18.8 Å². The largest absolute Gasteiger partial charge is 0.422 e. The van der Waals surface area contributed by atoms with Gasteiger partial charge in [-0.3, -0.25) is 14.5 Å². The van der Waals surface area contributed by atoms with Crippen LogP contribution < -0.4 is 20.1 Å². The molecule has 1 aliphatic carbocycles. The highest BCUT2D eigenvalue weighted by atomic mass is 32.2. The number of rotatable bonds is 9. The molecule has 1 aromatic heterocycles. The lowest BCUT2D eigenvalue weighted by Crippen LogP contribution is -2.53. The summed E-state index contributed by atoms with van der Waals surface area (Å²) in [5.41, 5.74) is 5.54. The van der Waals surface area contributed by atoms with E-state index in [0.29, 0.717) is 42.0 Å². The Morgan fingerprint density at radius 3 is 2.46 bits per heavy atom. The van der Waals surface area contributed by atoms with E-state index in [2.05, 4.69) is 27.6 Å². The Hall–Kier alpha value is -3.98. The summed E-state index contributed by atoms with van der Waals surface area (Å²) >= 11 is 0. The molecule has 1 N–H and O–H groups in total. The fourth-order valence-corrected chi connectivity index (χ4v) is 7.88. The zero-order chi connectivity index (χ0) is 36.1. The van der Waals surface area contributed by atoms with Crippen molar-refractivity contribution in [2.45, 2.75) is 58.2 Å². The van der Waals surface area contributed by atoms with Crippen LogP contribution in [0.3, 0.4) is 0 Å². The third kappa shape index (κ3) is 6.61. The van der Waals surface area contributed by atoms with E-state index in [0.717, 1.165) is 71.0 Å². The number of amides is 2. The fraction of sp³-hybridized carbons (Fsp3) is 0.528. The monoisotopic (exact) mass is 708 g/mol. The van der Waals surface area contributed by atoms with E-state index < -0.39 is 21.7 Å². The number of carbonyl (C=O) groups is 2. The molecule has 50 heavy (non-hydrogen) atoms. The topological polar surface area (TPSA) is 136 Å². The van der Waals surface area contributed by atoms with Crippen molar-refractivity contribution in [2.75, 3.05) is 77.9 Å². The molecular formula is C36H48N6O7S. The highest BCUT2D eigenvalue weighted by molar-refractivity contribution is 7.87. The van der Waals surface area contributed by atoms with Crippen molar-refractivity contribution >= 4 is 44.4 Å². The van der Waals surface area contributed by atoms with Gasteiger partial charge >= 0.3 is 15.8 Å². The highest BCUT2D eigenvalue weighted by Crippen LogP contribution is 2.37. The second-order valence-corrected chi connectivity index (χ2v) is 15.9. The van der Waals surface area contributed by atoms with Crippen LogP contribution in [-0.4, -0.2) is 115 Å². The zero-order valence-electron chi connectivity index (χ0n) is 30.0. The third-order valence-corrected chi connectivity index (χ3v) is 12.2. The molecule has 0 bridgehead atoms. The lowest BCUT2D eigenvalue weighted by atomic mass is 9.90. The molecule has 6 rings (SSSR count). The van der Waals surface area contributed by atoms with Crippen molar-refractivity contribution in [3.05, 3.63) is 68.1 Å². The first kappa shape index (κ1) is 35.8. The van der Waals surface area contributed by atoms with Gasteiger partial charge in [-0.1, -0.05) is 0 Å². The summed E-state index contributed by atoms with van der Waals surface area (Å²) in [6.45, 7) is 7.75. The summed E-state index contributed by atoms with van der Waals surface area (Å²) < 4.78 is 39.5. The first-order valence-electron chi connectivity index (χ1n) is 17.2. The standard InChI is InChI=1S/C36H48N6O7S/c1-22-17-30(41-16-15-39(5)26(19-41)21-48-7)23(2)33-32(22)27-13-14-42(20-29(27)36(45)49-33)35(44)24-11-12-28(34(43)37-50(46,47)38(3)4)31(18-24)40(6)25-9-8-10-25/h11-12,17-18,25-26H,8-10,13-16,19-21H2,1-7H3,(H,37,43)/t26-/m1/s1. The molecule has 3 heterocycles. The van der Waals surface area contributed by atoms with Crippen LogP contribution in [0, 0.1) is 13.8 Å². The van der Waals surface area contributed by atoms with Crippen LogP contribution in [0.1, 0.15) is 62.2 Å². The normalized spacial score (nSPS) is 18.7. The van der Waals surface area contributed by atoms with Crippen molar-refractivity contribution in [2.24, 2.45) is 0 Å². The first-order chi connectivity index (χ1) is 23.7. The van der Waals surface area contributed by atoms with Gasteiger partial charge in [0.1, 0.15) is 5.58 Å². The zero-order valence-corrected chi connectivity index (χ0v) is 30.9. The van der Waals surface area contributed by atoms with Crippen LogP contribution >= 0.6 is 0 Å². The number of likely N-dealkylation sites (N-methyl/N-ethyl adjacent to an activating group) is 1. The summed E-state index contributed by atoms with van der Waals surface area (Å²) in [7, 11) is 4.35. The van der Waals surface area contributed by atoms with E-state index in [9.17, 15) is 22.8 Å². The van der Waals surface area contributed by atoms with E-state index in [1.165, 1.54) is 20.2 Å². The van der Waals surface area contributed by atoms with Crippen molar-refractivity contribution < 1.29 is 27.2 Å². The van der Waals surface area contributed by atoms with E-state index in [1.807, 2.05) is 25.8 Å². The van der Waals surface area contributed by atoms with Gasteiger partial charge in [0.15, 0.2) is 0 Å². The Bertz CT molecular complexity index is 1990. The molecule has 3 aromatic rings. The molecule has 2 fully saturated rings. The summed E-state index contributed by atoms with van der Waals surface area (Å²) in [6.07, 6.45) is 3.41. The maximum Gasteiger partial charge on any atom is 0.341 e. The summed E-state index contributed by atoms with van der Waals surface area (Å²) in [5, 5.41) is 0.933. The number of ether oxygens (including phenoxy) is 1. The van der Waals surface area contributed by atoms with Crippen LogP contribution in [0.4, 0.5) is 11.4 Å². The molecule has 0 spiro atoms. The van der Waals surface area contributed by atoms with Crippen LogP contribution in [0.15, 0.2) is 33.5 Å². The molecule has 1 atom stereocenters. The molecule has 2 aliphatic heterocycles. The number of piperazine rings is 1. The molecule has 14 heteroatoms. The molecule has 0 unspecified atom stereocenters. The van der Waals surface area contributed by atoms with Crippen LogP contribution in [-0.2, 0) is 27.9 Å². The molecule has 3 aliphatic rings. The van der Waals surface area contributed by atoms with Gasteiger partial charge in [0, 0.05) is 82.7 Å². The Morgan fingerprint density at radius 2 is 1.80 bits per heavy atom. The second kappa shape index (κ2) is 14.0. The third-order valence-electron chi connectivity index (χ3n) is 10.7. The first-order valence-corrected chi connectivity index (χ1v) is 18.6. The van der Waals surface area contributed by atoms with E-state index >= 15 is 0 Å². The number of carbonyl (C=O) groups excluding carboxylic acids is 2. The van der Waals surface area contributed by atoms with Gasteiger partial charge < -0.3 is 23.9 Å². The van der Waals surface area contributed by atoms with Gasteiger partial charge in [-0.2, -0.15) is 12.7 Å². The lowest BCUT2D eigenvalue weighted by Gasteiger charge is -2.41. The van der Waals surface area contributed by atoms with E-state index in [4.69, 9.17) is 9.15 Å². The maximum absolute atomic E-state index is 14.0. The predicted octanol–water partition coefficient (Wildman–Crippen LogP) is 2.90. The summed E-state index contributed by atoms with van der Waals surface area (Å²) in [6, 6.07) is 7.31. The average molecular weight is 709 g/mol. The lowest BCUT2D eigenvalue weighted by molar-refractivity contribution is 0.0732. The number of nitrogens with one attached hydrogen (secondary N) is 1. The number of hydrogen-bond donors (Lipinski definition) is 1. The van der Waals surface area contributed by atoms with Gasteiger partial charge in [0.25, 0.3) is 11.8 Å². The van der Waals surface area contributed by atoms with Gasteiger partial charge in [-0.15, -0.1) is 0 Å². The Balaban J connectivity index is 1.29. The van der Waals surface area contributed by atoms with Crippen LogP contribution in [0.2, 0.25) is 0 Å². The number of aryl methyl sites for hydroxylation is 2. The number of methoxy groups -OCH3 is 1. The molecular weight excluding hydrogens is 660 g/mol. The van der Waals surface area contributed by atoms with Crippen molar-refractivity contribution in [1.29, 1.82) is 0 Å². The fourth-order valence-electron chi connectivity index (χ4n) is 7.36. The van der Waals surface area contributed by atoms with Gasteiger partial charge in [0.05, 0.1) is 36.0 Å². The number of fused-ring (bicyclic) bond motifs is 3. The Kier molecular flexibility index (Phi) is 10.0. The highest BCUT2D eigenvalue weighted by Gasteiger charge is 2.32. The molecule has 13 nitrogen and oxygen atoms in total. The average Bonchev–Trinajstić information content (AvgIpc) is 3.05. The number of anilines is 2. The minimum atomic E-state index is -4.02.